The summed E-state index contributed by atoms with van der Waals surface area (Å²) in [6.45, 7) is 0. The summed E-state index contributed by atoms with van der Waals surface area (Å²) in [7, 11) is 0. The molecule has 2 N–H and O–H groups in total. The molecule has 0 unspecified atom stereocenters. The van der Waals surface area contributed by atoms with E-state index < -0.39 is 0 Å². The third-order valence-electron chi connectivity index (χ3n) is 2.79. The highest BCUT2D eigenvalue weighted by Gasteiger charge is 2.13. The van der Waals surface area contributed by atoms with Gasteiger partial charge in [0.05, 0.1) is 21.7 Å². The van der Waals surface area contributed by atoms with Crippen LogP contribution in [0.4, 0.5) is 5.95 Å². The molecule has 0 bridgehead atoms. The van der Waals surface area contributed by atoms with Crippen LogP contribution in [0.3, 0.4) is 0 Å². The van der Waals surface area contributed by atoms with Crippen molar-refractivity contribution in [2.24, 2.45) is 0 Å². The maximum Gasteiger partial charge on any atom is 0.205 e. The molecule has 0 radical (unpaired) electrons. The van der Waals surface area contributed by atoms with Crippen LogP contribution >= 0.6 is 45.8 Å². The third kappa shape index (κ3) is 2.28. The molecule has 2 aromatic carbocycles. The molecular weight excluding hydrogens is 396 g/mol. The van der Waals surface area contributed by atoms with Gasteiger partial charge in [-0.25, -0.2) is 4.98 Å². The zero-order chi connectivity index (χ0) is 13.6. The molecule has 0 aliphatic carbocycles. The van der Waals surface area contributed by atoms with E-state index in [-0.39, 0.29) is 0 Å². The van der Waals surface area contributed by atoms with Crippen molar-refractivity contribution in [2.75, 3.05) is 5.73 Å². The molecule has 0 fully saturated rings. The van der Waals surface area contributed by atoms with E-state index in [2.05, 4.69) is 27.6 Å². The lowest BCUT2D eigenvalue weighted by Gasteiger charge is -2.09. The second-order valence-corrected chi connectivity index (χ2v) is 6.12. The monoisotopic (exact) mass is 403 g/mol. The maximum absolute atomic E-state index is 6.23. The molecular formula is C13H8Cl2IN3. The Hall–Kier alpha value is -0.980. The Morgan fingerprint density at radius 1 is 1.11 bits per heavy atom. The first kappa shape index (κ1) is 13.0. The highest BCUT2D eigenvalue weighted by molar-refractivity contribution is 14.1. The first-order valence-electron chi connectivity index (χ1n) is 5.45. The van der Waals surface area contributed by atoms with Crippen LogP contribution in [-0.4, -0.2) is 9.55 Å². The van der Waals surface area contributed by atoms with Gasteiger partial charge in [-0.1, -0.05) is 23.2 Å². The number of nitrogens with zero attached hydrogens (tertiary/aromatic N) is 2. The molecule has 3 aromatic rings. The summed E-state index contributed by atoms with van der Waals surface area (Å²) < 4.78 is 2.93. The summed E-state index contributed by atoms with van der Waals surface area (Å²) in [5.41, 5.74) is 8.53. The smallest absolute Gasteiger partial charge is 0.205 e. The lowest BCUT2D eigenvalue weighted by molar-refractivity contribution is 1.11. The zero-order valence-corrected chi connectivity index (χ0v) is 13.2. The fraction of sp³-hybridized carbons (Fsp3) is 0. The molecule has 6 heteroatoms. The van der Waals surface area contributed by atoms with Crippen molar-refractivity contribution in [1.82, 2.24) is 9.55 Å². The predicted octanol–water partition coefficient (Wildman–Crippen LogP) is 4.52. The van der Waals surface area contributed by atoms with Crippen LogP contribution in [-0.2, 0) is 0 Å². The molecule has 0 aliphatic heterocycles. The Kier molecular flexibility index (Phi) is 3.32. The largest absolute Gasteiger partial charge is 0.369 e. The van der Waals surface area contributed by atoms with Crippen LogP contribution in [0.5, 0.6) is 0 Å². The molecule has 3 rings (SSSR count). The van der Waals surface area contributed by atoms with Gasteiger partial charge >= 0.3 is 0 Å². The molecule has 0 atom stereocenters. The van der Waals surface area contributed by atoms with Crippen LogP contribution in [0.25, 0.3) is 16.7 Å². The summed E-state index contributed by atoms with van der Waals surface area (Å²) in [5.74, 6) is 0.404. The highest BCUT2D eigenvalue weighted by Crippen LogP contribution is 2.30. The quantitative estimate of drug-likeness (QED) is 0.607. The molecule has 1 aromatic heterocycles. The zero-order valence-electron chi connectivity index (χ0n) is 9.57. The van der Waals surface area contributed by atoms with Gasteiger partial charge in [-0.15, -0.1) is 0 Å². The Morgan fingerprint density at radius 3 is 2.63 bits per heavy atom. The average molecular weight is 404 g/mol. The molecule has 19 heavy (non-hydrogen) atoms. The molecule has 96 valence electrons. The summed E-state index contributed by atoms with van der Waals surface area (Å²) >= 11 is 14.4. The molecule has 0 amide bonds. The van der Waals surface area contributed by atoms with Gasteiger partial charge in [0.25, 0.3) is 0 Å². The first-order valence-corrected chi connectivity index (χ1v) is 7.28. The van der Waals surface area contributed by atoms with Gasteiger partial charge in [-0.2, -0.15) is 0 Å². The van der Waals surface area contributed by atoms with Crippen molar-refractivity contribution in [1.29, 1.82) is 0 Å². The van der Waals surface area contributed by atoms with E-state index in [1.807, 2.05) is 28.8 Å². The van der Waals surface area contributed by atoms with Gasteiger partial charge < -0.3 is 5.73 Å². The van der Waals surface area contributed by atoms with Gasteiger partial charge in [0.1, 0.15) is 0 Å². The fourth-order valence-corrected chi connectivity index (χ4v) is 2.96. The minimum Gasteiger partial charge on any atom is -0.369 e. The second kappa shape index (κ2) is 4.85. The highest BCUT2D eigenvalue weighted by atomic mass is 127. The lowest BCUT2D eigenvalue weighted by atomic mass is 10.3. The number of hydrogen-bond acceptors (Lipinski definition) is 2. The van der Waals surface area contributed by atoms with E-state index in [9.17, 15) is 0 Å². The van der Waals surface area contributed by atoms with Crippen LogP contribution in [0.15, 0.2) is 36.4 Å². The molecule has 0 saturated carbocycles. The summed E-state index contributed by atoms with van der Waals surface area (Å²) in [6.07, 6.45) is 0. The number of anilines is 1. The van der Waals surface area contributed by atoms with Crippen LogP contribution in [0.2, 0.25) is 10.0 Å². The van der Waals surface area contributed by atoms with Gasteiger partial charge in [0.2, 0.25) is 5.95 Å². The molecule has 1 heterocycles. The molecule has 0 aliphatic rings. The van der Waals surface area contributed by atoms with E-state index in [0.717, 1.165) is 20.3 Å². The Morgan fingerprint density at radius 2 is 1.89 bits per heavy atom. The number of fused-ring (bicyclic) bond motifs is 1. The van der Waals surface area contributed by atoms with Crippen LogP contribution in [0, 0.1) is 3.57 Å². The summed E-state index contributed by atoms with van der Waals surface area (Å²) in [6, 6.07) is 11.3. The Labute approximate surface area is 133 Å². The summed E-state index contributed by atoms with van der Waals surface area (Å²) in [5, 5.41) is 1.13. The fourth-order valence-electron chi connectivity index (χ4n) is 1.99. The predicted molar refractivity (Wildman–Crippen MR) is 88.2 cm³/mol. The number of nitrogens with two attached hydrogens (primary N) is 1. The number of benzene rings is 2. The number of aromatic nitrogens is 2. The summed E-state index contributed by atoms with van der Waals surface area (Å²) in [4.78, 5) is 4.36. The van der Waals surface area contributed by atoms with Crippen molar-refractivity contribution in [3.63, 3.8) is 0 Å². The van der Waals surface area contributed by atoms with Gasteiger partial charge in [0, 0.05) is 8.59 Å². The van der Waals surface area contributed by atoms with Crippen LogP contribution < -0.4 is 5.73 Å². The number of imidazole rings is 1. The Balaban J connectivity index is 2.33. The van der Waals surface area contributed by atoms with E-state index >= 15 is 0 Å². The first-order chi connectivity index (χ1) is 9.06. The van der Waals surface area contributed by atoms with Gasteiger partial charge in [-0.05, 0) is 59.0 Å². The normalized spacial score (nSPS) is 11.1. The SMILES string of the molecule is Nc1nc2cc(I)ccc2n1-c1ccc(Cl)cc1Cl. The maximum atomic E-state index is 6.23. The molecule has 0 saturated heterocycles. The van der Waals surface area contributed by atoms with Crippen molar-refractivity contribution < 1.29 is 0 Å². The number of halogens is 3. The second-order valence-electron chi connectivity index (χ2n) is 4.03. The van der Waals surface area contributed by atoms with Crippen LogP contribution in [0.1, 0.15) is 0 Å². The Bertz CT molecular complexity index is 783. The van der Waals surface area contributed by atoms with E-state index in [4.69, 9.17) is 28.9 Å². The van der Waals surface area contributed by atoms with E-state index in [1.54, 1.807) is 12.1 Å². The number of nitrogen functional groups attached to an aromatic ring is 1. The topological polar surface area (TPSA) is 43.8 Å². The van der Waals surface area contributed by atoms with Crippen molar-refractivity contribution >= 4 is 62.8 Å². The van der Waals surface area contributed by atoms with Gasteiger partial charge in [-0.3, -0.25) is 4.57 Å². The average Bonchev–Trinajstić information content (AvgIpc) is 2.65. The third-order valence-corrected chi connectivity index (χ3v) is 4.00. The minimum atomic E-state index is 0.404. The van der Waals surface area contributed by atoms with Crippen molar-refractivity contribution in [3.05, 3.63) is 50.0 Å². The number of rotatable bonds is 1. The minimum absolute atomic E-state index is 0.404. The van der Waals surface area contributed by atoms with Crippen molar-refractivity contribution in [3.8, 4) is 5.69 Å². The van der Waals surface area contributed by atoms with E-state index in [0.29, 0.717) is 16.0 Å². The van der Waals surface area contributed by atoms with Crippen molar-refractivity contribution in [2.45, 2.75) is 0 Å². The standard InChI is InChI=1S/C13H8Cl2IN3/c14-7-1-3-11(9(15)5-7)19-12-4-2-8(16)6-10(12)18-13(19)17/h1-6H,(H2,17,18). The number of hydrogen-bond donors (Lipinski definition) is 1. The molecule has 3 nitrogen and oxygen atoms in total. The lowest BCUT2D eigenvalue weighted by Crippen LogP contribution is -2.01. The van der Waals surface area contributed by atoms with Gasteiger partial charge in [0.15, 0.2) is 0 Å². The molecule has 0 spiro atoms. The van der Waals surface area contributed by atoms with E-state index in [1.165, 1.54) is 0 Å².